The third-order valence-corrected chi connectivity index (χ3v) is 7.00. The molecule has 0 radical (unpaired) electrons. The molecule has 152 valence electrons. The highest BCUT2D eigenvalue weighted by Crippen LogP contribution is 2.31. The third kappa shape index (κ3) is 4.74. The van der Waals surface area contributed by atoms with Gasteiger partial charge in [-0.2, -0.15) is 0 Å². The number of ether oxygens (including phenoxy) is 1. The second kappa shape index (κ2) is 9.07. The van der Waals surface area contributed by atoms with Gasteiger partial charge in [0.2, 0.25) is 10.0 Å². The van der Waals surface area contributed by atoms with Crippen LogP contribution in [0.1, 0.15) is 42.0 Å². The molecule has 0 aliphatic carbocycles. The van der Waals surface area contributed by atoms with Crippen molar-refractivity contribution in [3.05, 3.63) is 59.2 Å². The molecule has 3 rings (SSSR count). The van der Waals surface area contributed by atoms with Crippen molar-refractivity contribution in [1.82, 2.24) is 9.62 Å². The number of para-hydroxylation sites is 1. The quantitative estimate of drug-likeness (QED) is 0.765. The van der Waals surface area contributed by atoms with Crippen molar-refractivity contribution >= 4 is 10.0 Å². The minimum absolute atomic E-state index is 0.0584. The Bertz CT molecular complexity index is 906. The number of nitrogens with one attached hydrogen (secondary N) is 1. The lowest BCUT2D eigenvalue weighted by molar-refractivity contribution is 0.162. The molecule has 1 heterocycles. The van der Waals surface area contributed by atoms with Crippen molar-refractivity contribution in [3.63, 3.8) is 0 Å². The Kier molecular flexibility index (Phi) is 6.75. The largest absolute Gasteiger partial charge is 0.496 e. The second-order valence-corrected chi connectivity index (χ2v) is 9.21. The van der Waals surface area contributed by atoms with E-state index in [1.54, 1.807) is 13.2 Å². The molecular formula is C22H30N2O3S. The molecule has 1 atom stereocenters. The highest BCUT2D eigenvalue weighted by atomic mass is 32.2. The molecule has 0 spiro atoms. The van der Waals surface area contributed by atoms with E-state index in [2.05, 4.69) is 9.62 Å². The molecule has 0 aromatic heterocycles. The minimum atomic E-state index is -3.59. The smallest absolute Gasteiger partial charge is 0.240 e. The fourth-order valence-corrected chi connectivity index (χ4v) is 5.24. The Morgan fingerprint density at radius 3 is 2.46 bits per heavy atom. The van der Waals surface area contributed by atoms with E-state index in [4.69, 9.17) is 4.74 Å². The Morgan fingerprint density at radius 2 is 1.79 bits per heavy atom. The maximum Gasteiger partial charge on any atom is 0.240 e. The first kappa shape index (κ1) is 20.8. The van der Waals surface area contributed by atoms with Gasteiger partial charge in [0.25, 0.3) is 0 Å². The van der Waals surface area contributed by atoms with Crippen molar-refractivity contribution in [3.8, 4) is 5.75 Å². The second-order valence-electron chi connectivity index (χ2n) is 7.48. The molecular weight excluding hydrogens is 372 g/mol. The van der Waals surface area contributed by atoms with Crippen LogP contribution in [0.4, 0.5) is 0 Å². The van der Waals surface area contributed by atoms with Crippen LogP contribution in [0.2, 0.25) is 0 Å². The summed E-state index contributed by atoms with van der Waals surface area (Å²) in [6, 6.07) is 13.3. The molecule has 1 saturated heterocycles. The van der Waals surface area contributed by atoms with Crippen LogP contribution in [0.15, 0.2) is 47.4 Å². The van der Waals surface area contributed by atoms with Crippen LogP contribution in [-0.4, -0.2) is 40.1 Å². The molecule has 5 nitrogen and oxygen atoms in total. The molecule has 6 heteroatoms. The lowest BCUT2D eigenvalue weighted by atomic mass is 10.0. The maximum absolute atomic E-state index is 13.0. The molecule has 1 fully saturated rings. The Labute approximate surface area is 168 Å². The third-order valence-electron chi connectivity index (χ3n) is 5.42. The van der Waals surface area contributed by atoms with Crippen LogP contribution in [0.5, 0.6) is 5.75 Å². The molecule has 1 aliphatic rings. The fourth-order valence-electron chi connectivity index (χ4n) is 3.97. The first-order valence-electron chi connectivity index (χ1n) is 9.86. The van der Waals surface area contributed by atoms with Gasteiger partial charge in [-0.1, -0.05) is 42.3 Å². The summed E-state index contributed by atoms with van der Waals surface area (Å²) in [6.07, 6.45) is 3.49. The lowest BCUT2D eigenvalue weighted by Gasteiger charge is -2.35. The number of likely N-dealkylation sites (tertiary alicyclic amines) is 1. The van der Waals surface area contributed by atoms with E-state index in [0.29, 0.717) is 11.4 Å². The van der Waals surface area contributed by atoms with Crippen LogP contribution in [0.3, 0.4) is 0 Å². The highest BCUT2D eigenvalue weighted by molar-refractivity contribution is 7.89. The number of benzene rings is 2. The van der Waals surface area contributed by atoms with Crippen molar-refractivity contribution < 1.29 is 13.2 Å². The summed E-state index contributed by atoms with van der Waals surface area (Å²) in [6.45, 7) is 6.05. The van der Waals surface area contributed by atoms with Gasteiger partial charge in [0, 0.05) is 12.1 Å². The molecule has 0 bridgehead atoms. The van der Waals surface area contributed by atoms with Crippen molar-refractivity contribution in [2.24, 2.45) is 0 Å². The van der Waals surface area contributed by atoms with Crippen LogP contribution >= 0.6 is 0 Å². The zero-order valence-corrected chi connectivity index (χ0v) is 17.8. The molecule has 0 saturated carbocycles. The summed E-state index contributed by atoms with van der Waals surface area (Å²) in [5.41, 5.74) is 2.84. The van der Waals surface area contributed by atoms with E-state index in [9.17, 15) is 8.42 Å². The molecule has 0 amide bonds. The first-order chi connectivity index (χ1) is 13.4. The zero-order chi connectivity index (χ0) is 20.1. The van der Waals surface area contributed by atoms with E-state index in [1.165, 1.54) is 6.42 Å². The number of methoxy groups -OCH3 is 1. The fraction of sp³-hybridized carbons (Fsp3) is 0.455. The number of hydrogen-bond acceptors (Lipinski definition) is 4. The Morgan fingerprint density at radius 1 is 1.07 bits per heavy atom. The summed E-state index contributed by atoms with van der Waals surface area (Å²) >= 11 is 0. The van der Waals surface area contributed by atoms with E-state index in [-0.39, 0.29) is 6.04 Å². The normalized spacial score (nSPS) is 16.7. The van der Waals surface area contributed by atoms with Gasteiger partial charge in [0.1, 0.15) is 5.75 Å². The van der Waals surface area contributed by atoms with Crippen LogP contribution < -0.4 is 9.46 Å². The van der Waals surface area contributed by atoms with Gasteiger partial charge >= 0.3 is 0 Å². The minimum Gasteiger partial charge on any atom is -0.496 e. The summed E-state index contributed by atoms with van der Waals surface area (Å²) in [5.74, 6) is 0.795. The van der Waals surface area contributed by atoms with Crippen molar-refractivity contribution in [1.29, 1.82) is 0 Å². The molecule has 1 unspecified atom stereocenters. The average molecular weight is 403 g/mol. The Balaban J connectivity index is 1.87. The van der Waals surface area contributed by atoms with Crippen LogP contribution in [0, 0.1) is 13.8 Å². The summed E-state index contributed by atoms with van der Waals surface area (Å²) < 4.78 is 34.4. The van der Waals surface area contributed by atoms with E-state index in [1.807, 2.05) is 50.2 Å². The van der Waals surface area contributed by atoms with Gasteiger partial charge in [-0.15, -0.1) is 0 Å². The predicted molar refractivity (Wildman–Crippen MR) is 112 cm³/mol. The SMILES string of the molecule is COc1ccccc1C(CNS(=O)(=O)c1ccc(C)cc1C)N1CCCCC1. The zero-order valence-electron chi connectivity index (χ0n) is 16.9. The highest BCUT2D eigenvalue weighted by Gasteiger charge is 2.27. The van der Waals surface area contributed by atoms with Crippen molar-refractivity contribution in [2.75, 3.05) is 26.7 Å². The average Bonchev–Trinajstić information content (AvgIpc) is 2.69. The maximum atomic E-state index is 13.0. The van der Waals surface area contributed by atoms with Gasteiger partial charge < -0.3 is 4.74 Å². The number of piperidine rings is 1. The van der Waals surface area contributed by atoms with Crippen molar-refractivity contribution in [2.45, 2.75) is 44.0 Å². The number of sulfonamides is 1. The number of rotatable bonds is 7. The van der Waals surface area contributed by atoms with Crippen LogP contribution in [-0.2, 0) is 10.0 Å². The number of nitrogens with zero attached hydrogens (tertiary/aromatic N) is 1. The molecule has 2 aromatic carbocycles. The summed E-state index contributed by atoms with van der Waals surface area (Å²) in [4.78, 5) is 2.71. The predicted octanol–water partition coefficient (Wildman–Crippen LogP) is 3.82. The number of aryl methyl sites for hydroxylation is 2. The Hall–Kier alpha value is -1.89. The molecule has 28 heavy (non-hydrogen) atoms. The topological polar surface area (TPSA) is 58.6 Å². The summed E-state index contributed by atoms with van der Waals surface area (Å²) in [7, 11) is -1.93. The monoisotopic (exact) mass is 402 g/mol. The van der Waals surface area contributed by atoms with Gasteiger partial charge in [0.15, 0.2) is 0 Å². The van der Waals surface area contributed by atoms with Crippen LogP contribution in [0.25, 0.3) is 0 Å². The first-order valence-corrected chi connectivity index (χ1v) is 11.3. The molecule has 1 N–H and O–H groups in total. The standard InChI is InChI=1S/C22H30N2O3S/c1-17-11-12-22(18(2)15-17)28(25,26)23-16-20(24-13-7-4-8-14-24)19-9-5-6-10-21(19)27-3/h5-6,9-12,15,20,23H,4,7-8,13-14,16H2,1-3H3. The van der Waals surface area contributed by atoms with Gasteiger partial charge in [0.05, 0.1) is 18.0 Å². The molecule has 2 aromatic rings. The van der Waals surface area contributed by atoms with Gasteiger partial charge in [-0.25, -0.2) is 13.1 Å². The lowest BCUT2D eigenvalue weighted by Crippen LogP contribution is -2.40. The molecule has 1 aliphatic heterocycles. The van der Waals surface area contributed by atoms with E-state index < -0.39 is 10.0 Å². The number of hydrogen-bond donors (Lipinski definition) is 1. The summed E-state index contributed by atoms with van der Waals surface area (Å²) in [5, 5.41) is 0. The van der Waals surface area contributed by atoms with E-state index in [0.717, 1.165) is 48.4 Å². The van der Waals surface area contributed by atoms with Gasteiger partial charge in [-0.05, 0) is 57.5 Å². The van der Waals surface area contributed by atoms with Gasteiger partial charge in [-0.3, -0.25) is 4.90 Å². The van der Waals surface area contributed by atoms with E-state index >= 15 is 0 Å².